The van der Waals surface area contributed by atoms with E-state index in [2.05, 4.69) is 21.2 Å². The number of nitrogens with zero attached hydrogens (tertiary/aromatic N) is 3. The second-order valence-corrected chi connectivity index (χ2v) is 4.53. The number of hydrogen-bond donors (Lipinski definition) is 1. The van der Waals surface area contributed by atoms with Crippen molar-refractivity contribution in [3.05, 3.63) is 30.5 Å². The monoisotopic (exact) mass is 229 g/mol. The van der Waals surface area contributed by atoms with E-state index < -0.39 is 0 Å². The van der Waals surface area contributed by atoms with Gasteiger partial charge in [0.2, 0.25) is 0 Å². The van der Waals surface area contributed by atoms with E-state index >= 15 is 0 Å². The molecule has 0 saturated carbocycles. The summed E-state index contributed by atoms with van der Waals surface area (Å²) in [5.74, 6) is 0.391. The standard InChI is InChI=1S/C13H15N3O/c17-9-10-5-6-16(8-10)13-7-14-15-12-4-2-1-3-11(12)13/h1-4,7,10,17H,5-6,8-9H2. The van der Waals surface area contributed by atoms with Crippen LogP contribution in [0.3, 0.4) is 0 Å². The van der Waals surface area contributed by atoms with Crippen molar-refractivity contribution < 1.29 is 5.11 Å². The summed E-state index contributed by atoms with van der Waals surface area (Å²) < 4.78 is 0. The Morgan fingerprint density at radius 2 is 2.24 bits per heavy atom. The van der Waals surface area contributed by atoms with Gasteiger partial charge in [0.25, 0.3) is 0 Å². The van der Waals surface area contributed by atoms with Gasteiger partial charge in [-0.2, -0.15) is 10.2 Å². The highest BCUT2D eigenvalue weighted by Gasteiger charge is 2.23. The summed E-state index contributed by atoms with van der Waals surface area (Å²) in [4.78, 5) is 2.29. The average Bonchev–Trinajstić information content (AvgIpc) is 2.87. The van der Waals surface area contributed by atoms with Crippen LogP contribution < -0.4 is 4.90 Å². The molecule has 3 rings (SSSR count). The average molecular weight is 229 g/mol. The van der Waals surface area contributed by atoms with E-state index in [1.807, 2.05) is 24.4 Å². The van der Waals surface area contributed by atoms with Crippen LogP contribution in [0.4, 0.5) is 5.69 Å². The van der Waals surface area contributed by atoms with Crippen LogP contribution in [0.2, 0.25) is 0 Å². The lowest BCUT2D eigenvalue weighted by atomic mass is 10.1. The molecule has 1 unspecified atom stereocenters. The second kappa shape index (κ2) is 4.30. The lowest BCUT2D eigenvalue weighted by molar-refractivity contribution is 0.238. The zero-order valence-electron chi connectivity index (χ0n) is 9.58. The molecule has 4 nitrogen and oxygen atoms in total. The van der Waals surface area contributed by atoms with Crippen LogP contribution in [0.15, 0.2) is 30.5 Å². The summed E-state index contributed by atoms with van der Waals surface area (Å²) in [6, 6.07) is 8.05. The predicted molar refractivity (Wildman–Crippen MR) is 66.9 cm³/mol. The molecular formula is C13H15N3O. The molecule has 1 N–H and O–H groups in total. The topological polar surface area (TPSA) is 49.2 Å². The van der Waals surface area contributed by atoms with Crippen molar-refractivity contribution in [2.75, 3.05) is 24.6 Å². The largest absolute Gasteiger partial charge is 0.396 e. The van der Waals surface area contributed by atoms with Crippen LogP contribution in [0.1, 0.15) is 6.42 Å². The molecule has 88 valence electrons. The number of benzene rings is 1. The van der Waals surface area contributed by atoms with E-state index in [9.17, 15) is 5.11 Å². The zero-order chi connectivity index (χ0) is 11.7. The number of anilines is 1. The first-order valence-electron chi connectivity index (χ1n) is 5.94. The van der Waals surface area contributed by atoms with Gasteiger partial charge in [-0.25, -0.2) is 0 Å². The fourth-order valence-electron chi connectivity index (χ4n) is 2.45. The van der Waals surface area contributed by atoms with E-state index in [0.717, 1.165) is 36.1 Å². The Balaban J connectivity index is 2.00. The van der Waals surface area contributed by atoms with E-state index in [1.165, 1.54) is 0 Å². The molecule has 0 radical (unpaired) electrons. The van der Waals surface area contributed by atoms with Crippen LogP contribution in [0.5, 0.6) is 0 Å². The highest BCUT2D eigenvalue weighted by molar-refractivity contribution is 5.90. The number of aromatic nitrogens is 2. The molecule has 0 aliphatic carbocycles. The van der Waals surface area contributed by atoms with Gasteiger partial charge in [-0.05, 0) is 12.5 Å². The number of rotatable bonds is 2. The third-order valence-corrected chi connectivity index (χ3v) is 3.41. The molecule has 1 aliphatic rings. The lowest BCUT2D eigenvalue weighted by Gasteiger charge is -2.19. The van der Waals surface area contributed by atoms with Crippen LogP contribution in [0, 0.1) is 5.92 Å². The summed E-state index contributed by atoms with van der Waals surface area (Å²) in [7, 11) is 0. The van der Waals surface area contributed by atoms with E-state index in [0.29, 0.717) is 5.92 Å². The van der Waals surface area contributed by atoms with Crippen molar-refractivity contribution in [3.63, 3.8) is 0 Å². The highest BCUT2D eigenvalue weighted by atomic mass is 16.3. The van der Waals surface area contributed by atoms with Crippen molar-refractivity contribution in [2.24, 2.45) is 5.92 Å². The summed E-state index contributed by atoms with van der Waals surface area (Å²) in [6.07, 6.45) is 2.87. The maximum absolute atomic E-state index is 9.19. The zero-order valence-corrected chi connectivity index (χ0v) is 9.58. The van der Waals surface area contributed by atoms with Gasteiger partial charge in [0.15, 0.2) is 0 Å². The molecular weight excluding hydrogens is 214 g/mol. The minimum atomic E-state index is 0.271. The first-order valence-corrected chi connectivity index (χ1v) is 5.94. The lowest BCUT2D eigenvalue weighted by Crippen LogP contribution is -2.21. The highest BCUT2D eigenvalue weighted by Crippen LogP contribution is 2.28. The van der Waals surface area contributed by atoms with Crippen LogP contribution in [-0.4, -0.2) is 35.0 Å². The first-order chi connectivity index (χ1) is 8.38. The fraction of sp³-hybridized carbons (Fsp3) is 0.385. The summed E-state index contributed by atoms with van der Waals surface area (Å²) >= 11 is 0. The van der Waals surface area contributed by atoms with Gasteiger partial charge in [0.05, 0.1) is 17.4 Å². The molecule has 4 heteroatoms. The van der Waals surface area contributed by atoms with Crippen molar-refractivity contribution in [1.82, 2.24) is 10.2 Å². The molecule has 2 aromatic rings. The Bertz CT molecular complexity index is 524. The van der Waals surface area contributed by atoms with Gasteiger partial charge in [-0.15, -0.1) is 0 Å². The summed E-state index contributed by atoms with van der Waals surface area (Å²) in [5.41, 5.74) is 2.06. The first kappa shape index (κ1) is 10.5. The van der Waals surface area contributed by atoms with Gasteiger partial charge in [-0.3, -0.25) is 0 Å². The van der Waals surface area contributed by atoms with Gasteiger partial charge in [-0.1, -0.05) is 18.2 Å². The molecule has 1 saturated heterocycles. The van der Waals surface area contributed by atoms with Gasteiger partial charge in [0.1, 0.15) is 0 Å². The van der Waals surface area contributed by atoms with Crippen molar-refractivity contribution in [1.29, 1.82) is 0 Å². The van der Waals surface area contributed by atoms with Crippen LogP contribution >= 0.6 is 0 Å². The van der Waals surface area contributed by atoms with E-state index in [-0.39, 0.29) is 6.61 Å². The molecule has 0 bridgehead atoms. The second-order valence-electron chi connectivity index (χ2n) is 4.53. The van der Waals surface area contributed by atoms with Gasteiger partial charge >= 0.3 is 0 Å². The molecule has 1 fully saturated rings. The molecule has 0 spiro atoms. The SMILES string of the molecule is OCC1CCN(c2cnnc3ccccc23)C1. The minimum absolute atomic E-state index is 0.271. The Morgan fingerprint density at radius 3 is 3.06 bits per heavy atom. The van der Waals surface area contributed by atoms with E-state index in [1.54, 1.807) is 0 Å². The van der Waals surface area contributed by atoms with Gasteiger partial charge in [0, 0.05) is 31.0 Å². The predicted octanol–water partition coefficient (Wildman–Crippen LogP) is 1.45. The summed E-state index contributed by atoms with van der Waals surface area (Å²) in [6.45, 7) is 2.17. The maximum atomic E-state index is 9.19. The van der Waals surface area contributed by atoms with Crippen molar-refractivity contribution in [2.45, 2.75) is 6.42 Å². The molecule has 1 aliphatic heterocycles. The number of hydrogen-bond acceptors (Lipinski definition) is 4. The summed E-state index contributed by atoms with van der Waals surface area (Å²) in [5, 5.41) is 18.5. The molecule has 2 heterocycles. The Labute approximate surface area is 99.9 Å². The smallest absolute Gasteiger partial charge is 0.0950 e. The fourth-order valence-corrected chi connectivity index (χ4v) is 2.45. The number of aliphatic hydroxyl groups is 1. The van der Waals surface area contributed by atoms with Gasteiger partial charge < -0.3 is 10.0 Å². The normalized spacial score (nSPS) is 20.1. The number of fused-ring (bicyclic) bond motifs is 1. The maximum Gasteiger partial charge on any atom is 0.0950 e. The Hall–Kier alpha value is -1.68. The third kappa shape index (κ3) is 1.85. The quantitative estimate of drug-likeness (QED) is 0.846. The van der Waals surface area contributed by atoms with E-state index in [4.69, 9.17) is 0 Å². The minimum Gasteiger partial charge on any atom is -0.396 e. The molecule has 1 aromatic carbocycles. The molecule has 0 amide bonds. The van der Waals surface area contributed by atoms with Crippen LogP contribution in [0.25, 0.3) is 10.9 Å². The Morgan fingerprint density at radius 1 is 1.35 bits per heavy atom. The van der Waals surface area contributed by atoms with Crippen LogP contribution in [-0.2, 0) is 0 Å². The van der Waals surface area contributed by atoms with Crippen molar-refractivity contribution in [3.8, 4) is 0 Å². The molecule has 1 atom stereocenters. The van der Waals surface area contributed by atoms with Crippen molar-refractivity contribution >= 4 is 16.6 Å². The molecule has 1 aromatic heterocycles. The molecule has 17 heavy (non-hydrogen) atoms. The Kier molecular flexibility index (Phi) is 2.65. The third-order valence-electron chi connectivity index (χ3n) is 3.41. The number of aliphatic hydroxyl groups excluding tert-OH is 1.